The molecule has 0 atom stereocenters. The molecule has 0 spiro atoms. The fraction of sp³-hybridized carbons (Fsp3) is 0.344. The highest BCUT2D eigenvalue weighted by molar-refractivity contribution is 6.16. The molecule has 7 heteroatoms. The largest absolute Gasteiger partial charge is 0.447 e. The number of ketones is 1. The summed E-state index contributed by atoms with van der Waals surface area (Å²) in [6.45, 7) is 6.64. The van der Waals surface area contributed by atoms with Crippen LogP contribution in [0.3, 0.4) is 0 Å². The first kappa shape index (κ1) is 50.7. The van der Waals surface area contributed by atoms with Crippen LogP contribution in [-0.2, 0) is 40.0 Å². The van der Waals surface area contributed by atoms with E-state index in [-0.39, 0.29) is 12.4 Å². The smallest absolute Gasteiger partial charge is 0.411 e. The van der Waals surface area contributed by atoms with Gasteiger partial charge in [0.1, 0.15) is 12.4 Å². The van der Waals surface area contributed by atoms with E-state index in [0.717, 1.165) is 69.5 Å². The maximum absolute atomic E-state index is 13.2. The van der Waals surface area contributed by atoms with Crippen LogP contribution >= 0.6 is 0 Å². The lowest BCUT2D eigenvalue weighted by atomic mass is 9.91. The number of aryl methyl sites for hydroxylation is 2. The first-order chi connectivity index (χ1) is 34.9. The summed E-state index contributed by atoms with van der Waals surface area (Å²) in [4.78, 5) is 26.1. The molecule has 0 aliphatic rings. The molecule has 7 nitrogen and oxygen atoms in total. The standard InChI is InChI=1S/C64H73N3O4/c1-5-7-9-11-13-15-25-49-51-27-17-21-31-55(51)62(56-32-22-18-28-52(49)56)65-60-43-46(35-37-48(60)41-45(3)68)42-47-36-38-59(67-64(69)71-40-39-70-4)61(44-47)66-63-57-33-23-19-29-53(57)50(26-16-14-12-10-8-6-2)54-30-20-24-34-58(54)63/h17-24,27-38,43-44,65-66H,5-16,25-26,39-42H2,1-4H3,(H,67,69). The topological polar surface area (TPSA) is 88.7 Å². The molecule has 0 radical (unpaired) electrons. The van der Waals surface area contributed by atoms with E-state index in [9.17, 15) is 9.59 Å². The number of hydrogen-bond acceptors (Lipinski definition) is 6. The molecule has 0 saturated carbocycles. The quantitative estimate of drug-likeness (QED) is 0.0370. The number of fused-ring (bicyclic) bond motifs is 4. The van der Waals surface area contributed by atoms with E-state index in [0.29, 0.717) is 25.1 Å². The van der Waals surface area contributed by atoms with Crippen molar-refractivity contribution < 1.29 is 19.1 Å². The zero-order valence-electron chi connectivity index (χ0n) is 42.6. The maximum Gasteiger partial charge on any atom is 0.411 e. The van der Waals surface area contributed by atoms with Crippen LogP contribution in [0.15, 0.2) is 133 Å². The molecule has 3 N–H and O–H groups in total. The van der Waals surface area contributed by atoms with Crippen molar-refractivity contribution in [2.24, 2.45) is 0 Å². The third-order valence-electron chi connectivity index (χ3n) is 14.0. The van der Waals surface area contributed by atoms with Crippen molar-refractivity contribution in [2.75, 3.05) is 36.3 Å². The lowest BCUT2D eigenvalue weighted by Gasteiger charge is -2.21. The Morgan fingerprint density at radius 3 is 1.35 bits per heavy atom. The number of rotatable bonds is 26. The molecule has 0 aliphatic carbocycles. The van der Waals surface area contributed by atoms with Gasteiger partial charge in [0.25, 0.3) is 0 Å². The van der Waals surface area contributed by atoms with Gasteiger partial charge in [-0.1, -0.05) is 193 Å². The van der Waals surface area contributed by atoms with Crippen LogP contribution in [0.25, 0.3) is 43.1 Å². The van der Waals surface area contributed by atoms with Gasteiger partial charge in [0.05, 0.1) is 29.4 Å². The zero-order chi connectivity index (χ0) is 49.4. The summed E-state index contributed by atoms with van der Waals surface area (Å²) in [5.74, 6) is 0.111. The van der Waals surface area contributed by atoms with E-state index >= 15 is 0 Å². The van der Waals surface area contributed by atoms with Crippen LogP contribution in [0.2, 0.25) is 0 Å². The Balaban J connectivity index is 1.15. The Hall–Kier alpha value is -6.70. The minimum atomic E-state index is -0.547. The second-order valence-electron chi connectivity index (χ2n) is 19.4. The third-order valence-corrected chi connectivity index (χ3v) is 14.0. The van der Waals surface area contributed by atoms with Gasteiger partial charge < -0.3 is 20.1 Å². The van der Waals surface area contributed by atoms with E-state index in [4.69, 9.17) is 9.47 Å². The van der Waals surface area contributed by atoms with Crippen molar-refractivity contribution in [3.05, 3.63) is 161 Å². The lowest BCUT2D eigenvalue weighted by Crippen LogP contribution is -2.17. The van der Waals surface area contributed by atoms with Gasteiger partial charge in [0, 0.05) is 40.8 Å². The molecule has 0 aliphatic heterocycles. The third kappa shape index (κ3) is 12.8. The molecule has 1 amide bonds. The molecule has 0 heterocycles. The van der Waals surface area contributed by atoms with Crippen molar-refractivity contribution in [1.29, 1.82) is 0 Å². The lowest BCUT2D eigenvalue weighted by molar-refractivity contribution is -0.116. The van der Waals surface area contributed by atoms with Crippen LogP contribution in [0.1, 0.15) is 126 Å². The minimum Gasteiger partial charge on any atom is -0.447 e. The number of nitrogens with one attached hydrogen (secondary N) is 3. The Morgan fingerprint density at radius 2 is 0.887 bits per heavy atom. The molecule has 8 rings (SSSR count). The minimum absolute atomic E-state index is 0.111. The number of carbonyl (C=O) groups is 2. The molecule has 8 aromatic rings. The Morgan fingerprint density at radius 1 is 0.465 bits per heavy atom. The van der Waals surface area contributed by atoms with E-state index in [1.165, 1.54) is 114 Å². The van der Waals surface area contributed by atoms with Gasteiger partial charge in [-0.3, -0.25) is 10.1 Å². The Kier molecular flexibility index (Phi) is 18.1. The van der Waals surface area contributed by atoms with Gasteiger partial charge in [0.15, 0.2) is 0 Å². The monoisotopic (exact) mass is 948 g/mol. The molecule has 0 unspecified atom stereocenters. The summed E-state index contributed by atoms with van der Waals surface area (Å²) in [7, 11) is 1.59. The van der Waals surface area contributed by atoms with Gasteiger partial charge in [-0.25, -0.2) is 4.79 Å². The second-order valence-corrected chi connectivity index (χ2v) is 19.4. The molecule has 0 aromatic heterocycles. The molecule has 0 fully saturated rings. The number of carbonyl (C=O) groups excluding carboxylic acids is 2. The van der Waals surface area contributed by atoms with E-state index in [1.54, 1.807) is 14.0 Å². The molecule has 0 bridgehead atoms. The number of anilines is 5. The van der Waals surface area contributed by atoms with Crippen molar-refractivity contribution in [2.45, 2.75) is 124 Å². The van der Waals surface area contributed by atoms with Gasteiger partial charge >= 0.3 is 6.09 Å². The van der Waals surface area contributed by atoms with Crippen molar-refractivity contribution in [1.82, 2.24) is 0 Å². The number of Topliss-reactive ketones (excluding diaryl/α,β-unsaturated/α-hetero) is 1. The molecule has 368 valence electrons. The van der Waals surface area contributed by atoms with E-state index < -0.39 is 6.09 Å². The average molecular weight is 948 g/mol. The number of unbranched alkanes of at least 4 members (excludes halogenated alkanes) is 10. The van der Waals surface area contributed by atoms with Gasteiger partial charge in [-0.2, -0.15) is 0 Å². The number of benzene rings is 8. The van der Waals surface area contributed by atoms with Crippen LogP contribution in [-0.4, -0.2) is 32.2 Å². The number of amides is 1. The maximum atomic E-state index is 13.2. The van der Waals surface area contributed by atoms with Crippen molar-refractivity contribution in [3.63, 3.8) is 0 Å². The first-order valence-electron chi connectivity index (χ1n) is 26.4. The normalized spacial score (nSPS) is 11.4. The summed E-state index contributed by atoms with van der Waals surface area (Å²) in [5, 5.41) is 20.5. The molecule has 0 saturated heterocycles. The summed E-state index contributed by atoms with van der Waals surface area (Å²) in [6, 6.07) is 47.6. The van der Waals surface area contributed by atoms with Crippen LogP contribution in [0, 0.1) is 0 Å². The summed E-state index contributed by atoms with van der Waals surface area (Å²) in [5.41, 5.74) is 10.2. The van der Waals surface area contributed by atoms with Gasteiger partial charge in [-0.15, -0.1) is 0 Å². The highest BCUT2D eigenvalue weighted by Gasteiger charge is 2.19. The molecular formula is C64H73N3O4. The SMILES string of the molecule is CCCCCCCCc1c2ccccc2c(Nc2cc(Cc3ccc(NC(=O)OCCOC)c(Nc4c5ccccc5c(CCCCCCCC)c5ccccc45)c3)ccc2CC(C)=O)c2ccccc12. The second kappa shape index (κ2) is 25.4. The highest BCUT2D eigenvalue weighted by atomic mass is 16.6. The molecular weight excluding hydrogens is 875 g/mol. The predicted molar refractivity (Wildman–Crippen MR) is 301 cm³/mol. The first-order valence-corrected chi connectivity index (χ1v) is 26.4. The summed E-state index contributed by atoms with van der Waals surface area (Å²) >= 11 is 0. The van der Waals surface area contributed by atoms with Crippen LogP contribution in [0.5, 0.6) is 0 Å². The Labute approximate surface area is 421 Å². The van der Waals surface area contributed by atoms with Crippen molar-refractivity contribution >= 4 is 83.4 Å². The number of methoxy groups -OCH3 is 1. The average Bonchev–Trinajstić information content (AvgIpc) is 3.38. The van der Waals surface area contributed by atoms with Crippen LogP contribution in [0.4, 0.5) is 33.2 Å². The zero-order valence-corrected chi connectivity index (χ0v) is 42.6. The highest BCUT2D eigenvalue weighted by Crippen LogP contribution is 2.42. The number of ether oxygens (including phenoxy) is 2. The number of hydrogen-bond donors (Lipinski definition) is 3. The van der Waals surface area contributed by atoms with E-state index in [2.05, 4.69) is 157 Å². The fourth-order valence-electron chi connectivity index (χ4n) is 10.5. The molecule has 71 heavy (non-hydrogen) atoms. The van der Waals surface area contributed by atoms with E-state index in [1.807, 2.05) is 6.07 Å². The summed E-state index contributed by atoms with van der Waals surface area (Å²) in [6.07, 6.45) is 17.5. The summed E-state index contributed by atoms with van der Waals surface area (Å²) < 4.78 is 10.7. The fourth-order valence-corrected chi connectivity index (χ4v) is 10.5. The Bertz CT molecular complexity index is 2970. The van der Waals surface area contributed by atoms with Crippen LogP contribution < -0.4 is 16.0 Å². The van der Waals surface area contributed by atoms with Gasteiger partial charge in [-0.05, 0) is 107 Å². The van der Waals surface area contributed by atoms with Crippen molar-refractivity contribution in [3.8, 4) is 0 Å². The predicted octanol–water partition coefficient (Wildman–Crippen LogP) is 17.5. The molecule has 8 aromatic carbocycles. The van der Waals surface area contributed by atoms with Gasteiger partial charge in [0.2, 0.25) is 0 Å².